The van der Waals surface area contributed by atoms with Crippen LogP contribution >= 0.6 is 11.3 Å². The number of nitrogens with one attached hydrogen (secondary N) is 1. The highest BCUT2D eigenvalue weighted by atomic mass is 32.2. The molecule has 7 heteroatoms. The van der Waals surface area contributed by atoms with Crippen LogP contribution in [-0.2, 0) is 10.0 Å². The summed E-state index contributed by atoms with van der Waals surface area (Å²) in [6, 6.07) is 0. The Bertz CT molecular complexity index is 582. The number of aryl methyl sites for hydroxylation is 1. The van der Waals surface area contributed by atoms with Crippen molar-refractivity contribution in [2.45, 2.75) is 43.2 Å². The molecule has 0 saturated heterocycles. The van der Waals surface area contributed by atoms with Crippen LogP contribution in [0.1, 0.15) is 37.8 Å². The fourth-order valence-corrected chi connectivity index (χ4v) is 5.34. The van der Waals surface area contributed by atoms with Crippen LogP contribution in [0.5, 0.6) is 0 Å². The number of hydrogen-bond acceptors (Lipinski definition) is 4. The quantitative estimate of drug-likeness (QED) is 0.924. The van der Waals surface area contributed by atoms with Crippen molar-refractivity contribution in [3.05, 3.63) is 15.4 Å². The molecule has 108 valence electrons. The van der Waals surface area contributed by atoms with Gasteiger partial charge in [0.1, 0.15) is 0 Å². The first-order valence-corrected chi connectivity index (χ1v) is 8.83. The molecule has 1 N–H and O–H groups in total. The Morgan fingerprint density at radius 3 is 2.47 bits per heavy atom. The van der Waals surface area contributed by atoms with E-state index in [-0.39, 0.29) is 9.08 Å². The third-order valence-corrected chi connectivity index (χ3v) is 7.07. The molecule has 0 spiro atoms. The van der Waals surface area contributed by atoms with Crippen LogP contribution in [0.2, 0.25) is 0 Å². The molecule has 0 radical (unpaired) electrons. The van der Waals surface area contributed by atoms with Gasteiger partial charge in [-0.05, 0) is 25.7 Å². The monoisotopic (exact) mass is 304 g/mol. The van der Waals surface area contributed by atoms with Crippen LogP contribution in [-0.4, -0.2) is 31.3 Å². The van der Waals surface area contributed by atoms with Crippen LogP contribution in [0.4, 0.5) is 0 Å². The number of rotatable bonds is 4. The summed E-state index contributed by atoms with van der Waals surface area (Å²) in [5.41, 5.74) is 0.436. The van der Waals surface area contributed by atoms with Gasteiger partial charge in [0.2, 0.25) is 0 Å². The first-order valence-electron chi connectivity index (χ1n) is 6.57. The molecule has 0 atom stereocenters. The number of thiazole rings is 1. The van der Waals surface area contributed by atoms with Gasteiger partial charge < -0.3 is 4.98 Å². The maximum Gasteiger partial charge on any atom is 0.305 e. The van der Waals surface area contributed by atoms with Gasteiger partial charge >= 0.3 is 4.87 Å². The van der Waals surface area contributed by atoms with Gasteiger partial charge in [-0.25, -0.2) is 8.42 Å². The predicted molar refractivity (Wildman–Crippen MR) is 76.1 cm³/mol. The van der Waals surface area contributed by atoms with Gasteiger partial charge in [-0.15, -0.1) is 0 Å². The second kappa shape index (κ2) is 5.76. The molecule has 1 aliphatic rings. The molecule has 2 rings (SSSR count). The van der Waals surface area contributed by atoms with Crippen molar-refractivity contribution in [2.75, 3.05) is 13.6 Å². The molecule has 0 aliphatic heterocycles. The van der Waals surface area contributed by atoms with Crippen LogP contribution in [0.3, 0.4) is 0 Å². The second-order valence-corrected chi connectivity index (χ2v) is 8.44. The third-order valence-electron chi connectivity index (χ3n) is 3.67. The van der Waals surface area contributed by atoms with E-state index in [0.717, 1.165) is 24.2 Å². The summed E-state index contributed by atoms with van der Waals surface area (Å²) in [6.45, 7) is 2.17. The van der Waals surface area contributed by atoms with E-state index in [1.165, 1.54) is 23.6 Å². The van der Waals surface area contributed by atoms with E-state index >= 15 is 0 Å². The first-order chi connectivity index (χ1) is 8.91. The normalized spacial score (nSPS) is 18.1. The summed E-state index contributed by atoms with van der Waals surface area (Å²) in [5, 5.41) is 0. The molecule has 1 saturated carbocycles. The largest absolute Gasteiger partial charge is 0.315 e. The number of sulfonamides is 1. The number of H-pyrrole nitrogens is 1. The van der Waals surface area contributed by atoms with E-state index in [4.69, 9.17) is 0 Å². The van der Waals surface area contributed by atoms with Crippen molar-refractivity contribution in [3.8, 4) is 0 Å². The summed E-state index contributed by atoms with van der Waals surface area (Å²) < 4.78 is 26.4. The van der Waals surface area contributed by atoms with E-state index < -0.39 is 10.0 Å². The van der Waals surface area contributed by atoms with Crippen LogP contribution in [0.25, 0.3) is 0 Å². The lowest BCUT2D eigenvalue weighted by atomic mass is 9.89. The van der Waals surface area contributed by atoms with E-state index in [1.807, 2.05) is 0 Å². The fraction of sp³-hybridized carbons (Fsp3) is 0.750. The lowest BCUT2D eigenvalue weighted by Gasteiger charge is -2.26. The van der Waals surface area contributed by atoms with Gasteiger partial charge in [0, 0.05) is 19.3 Å². The van der Waals surface area contributed by atoms with E-state index in [1.54, 1.807) is 14.0 Å². The van der Waals surface area contributed by atoms with Crippen molar-refractivity contribution in [1.29, 1.82) is 0 Å². The van der Waals surface area contributed by atoms with Gasteiger partial charge in [0.25, 0.3) is 10.0 Å². The average Bonchev–Trinajstić information content (AvgIpc) is 2.70. The summed E-state index contributed by atoms with van der Waals surface area (Å²) in [5.74, 6) is 0.449. The standard InChI is InChI=1S/C12H20N2O3S2/c1-9-11(18-12(15)13-9)19(16,17)14(2)8-10-6-4-3-5-7-10/h10H,3-8H2,1-2H3,(H,13,15). The van der Waals surface area contributed by atoms with Crippen LogP contribution in [0, 0.1) is 12.8 Å². The molecule has 1 heterocycles. The Hall–Kier alpha value is -0.660. The third kappa shape index (κ3) is 3.27. The summed E-state index contributed by atoms with van der Waals surface area (Å²) in [6.07, 6.45) is 5.83. The minimum atomic E-state index is -3.53. The molecule has 1 fully saturated rings. The molecule has 19 heavy (non-hydrogen) atoms. The van der Waals surface area contributed by atoms with Crippen LogP contribution in [0.15, 0.2) is 9.00 Å². The molecule has 1 aliphatic carbocycles. The summed E-state index contributed by atoms with van der Waals surface area (Å²) in [7, 11) is -1.92. The van der Waals surface area contributed by atoms with Crippen molar-refractivity contribution in [2.24, 2.45) is 5.92 Å². The molecule has 5 nitrogen and oxygen atoms in total. The molecule has 0 unspecified atom stereocenters. The summed E-state index contributed by atoms with van der Waals surface area (Å²) in [4.78, 5) is 13.5. The zero-order chi connectivity index (χ0) is 14.0. The number of aromatic nitrogens is 1. The molecule has 0 bridgehead atoms. The second-order valence-electron chi connectivity index (χ2n) is 5.22. The number of hydrogen-bond donors (Lipinski definition) is 1. The maximum atomic E-state index is 12.4. The Labute approximate surface area is 117 Å². The van der Waals surface area contributed by atoms with E-state index in [0.29, 0.717) is 18.2 Å². The Balaban J connectivity index is 2.14. The van der Waals surface area contributed by atoms with Crippen molar-refractivity contribution in [1.82, 2.24) is 9.29 Å². The van der Waals surface area contributed by atoms with Gasteiger partial charge in [-0.3, -0.25) is 4.79 Å². The molecular formula is C12H20N2O3S2. The highest BCUT2D eigenvalue weighted by Crippen LogP contribution is 2.27. The Morgan fingerprint density at radius 1 is 1.32 bits per heavy atom. The van der Waals surface area contributed by atoms with Crippen molar-refractivity contribution >= 4 is 21.4 Å². The highest BCUT2D eigenvalue weighted by molar-refractivity contribution is 7.91. The zero-order valence-corrected chi connectivity index (χ0v) is 12.9. The number of aromatic amines is 1. The Morgan fingerprint density at radius 2 is 1.95 bits per heavy atom. The molecular weight excluding hydrogens is 284 g/mol. The maximum absolute atomic E-state index is 12.4. The van der Waals surface area contributed by atoms with Crippen molar-refractivity contribution in [3.63, 3.8) is 0 Å². The zero-order valence-electron chi connectivity index (χ0n) is 11.3. The molecule has 1 aromatic heterocycles. The van der Waals surface area contributed by atoms with Crippen molar-refractivity contribution < 1.29 is 8.42 Å². The predicted octanol–water partition coefficient (Wildman–Crippen LogP) is 1.95. The van der Waals surface area contributed by atoms with Gasteiger partial charge in [-0.2, -0.15) is 4.31 Å². The smallest absolute Gasteiger partial charge is 0.305 e. The average molecular weight is 304 g/mol. The van der Waals surface area contributed by atoms with E-state index in [2.05, 4.69) is 4.98 Å². The van der Waals surface area contributed by atoms with Gasteiger partial charge in [0.15, 0.2) is 4.21 Å². The van der Waals surface area contributed by atoms with Gasteiger partial charge in [0.05, 0.1) is 0 Å². The lowest BCUT2D eigenvalue weighted by Crippen LogP contribution is -2.32. The molecule has 0 amide bonds. The van der Waals surface area contributed by atoms with Gasteiger partial charge in [-0.1, -0.05) is 30.6 Å². The Kier molecular flexibility index (Phi) is 4.47. The topological polar surface area (TPSA) is 70.2 Å². The number of nitrogens with zero attached hydrogens (tertiary/aromatic N) is 1. The molecule has 1 aromatic rings. The lowest BCUT2D eigenvalue weighted by molar-refractivity contribution is 0.300. The fourth-order valence-electron chi connectivity index (χ4n) is 2.61. The minimum Gasteiger partial charge on any atom is -0.315 e. The minimum absolute atomic E-state index is 0.149. The van der Waals surface area contributed by atoms with E-state index in [9.17, 15) is 13.2 Å². The highest BCUT2D eigenvalue weighted by Gasteiger charge is 2.28. The van der Waals surface area contributed by atoms with Crippen LogP contribution < -0.4 is 4.87 Å². The SMILES string of the molecule is Cc1[nH]c(=O)sc1S(=O)(=O)N(C)CC1CCCCC1. The first kappa shape index (κ1) is 14.7. The summed E-state index contributed by atoms with van der Waals surface area (Å²) >= 11 is 0.771. The molecule has 0 aromatic carbocycles.